The molecule has 32 heavy (non-hydrogen) atoms. The number of thiophene rings is 1. The van der Waals surface area contributed by atoms with Crippen LogP contribution in [0.2, 0.25) is 0 Å². The van der Waals surface area contributed by atoms with Crippen LogP contribution in [0.1, 0.15) is 48.9 Å². The summed E-state index contributed by atoms with van der Waals surface area (Å²) in [6.07, 6.45) is 5.96. The molecule has 1 aliphatic carbocycles. The number of carbonyl (C=O) groups excluding carboxylic acids is 1. The third-order valence-electron chi connectivity index (χ3n) is 6.99. The zero-order valence-corrected chi connectivity index (χ0v) is 18.6. The molecular weight excluding hydrogens is 429 g/mol. The Morgan fingerprint density at radius 3 is 2.78 bits per heavy atom. The molecule has 1 amide bonds. The van der Waals surface area contributed by atoms with Crippen LogP contribution in [0, 0.1) is 17.0 Å². The molecule has 6 nitrogen and oxygen atoms in total. The van der Waals surface area contributed by atoms with Gasteiger partial charge in [-0.15, -0.1) is 11.3 Å². The van der Waals surface area contributed by atoms with E-state index in [9.17, 15) is 19.1 Å². The molecule has 0 saturated heterocycles. The van der Waals surface area contributed by atoms with Crippen LogP contribution in [0.25, 0.3) is 11.0 Å². The fourth-order valence-electron chi connectivity index (χ4n) is 5.24. The summed E-state index contributed by atoms with van der Waals surface area (Å²) in [5.41, 5.74) is 4.09. The van der Waals surface area contributed by atoms with Crippen molar-refractivity contribution < 1.29 is 19.1 Å². The van der Waals surface area contributed by atoms with E-state index in [0.29, 0.717) is 38.9 Å². The van der Waals surface area contributed by atoms with E-state index in [1.165, 1.54) is 5.56 Å². The molecule has 4 heterocycles. The summed E-state index contributed by atoms with van der Waals surface area (Å²) in [7, 11) is 0. The summed E-state index contributed by atoms with van der Waals surface area (Å²) in [5.74, 6) is -0.573. The number of hydrogen-bond donors (Lipinski definition) is 1. The predicted octanol–water partition coefficient (Wildman–Crippen LogP) is 4.45. The Balaban J connectivity index is 1.34. The van der Waals surface area contributed by atoms with Crippen molar-refractivity contribution in [1.82, 2.24) is 14.5 Å². The molecule has 3 aromatic rings. The molecule has 0 unspecified atom stereocenters. The topological polar surface area (TPSA) is 75.4 Å². The summed E-state index contributed by atoms with van der Waals surface area (Å²) in [6.45, 7) is 1.74. The second-order valence-corrected chi connectivity index (χ2v) is 9.83. The lowest BCUT2D eigenvalue weighted by Gasteiger charge is -2.31. The number of aromatic nitrogens is 2. The molecule has 3 aromatic heterocycles. The quantitative estimate of drug-likeness (QED) is 0.617. The third kappa shape index (κ3) is 4.03. The zero-order valence-electron chi connectivity index (χ0n) is 17.8. The van der Waals surface area contributed by atoms with Gasteiger partial charge in [-0.1, -0.05) is 0 Å². The SMILES string of the molecule is O=C(C[C@H]1CC[C@@H](C(=O)O)CC1)N1CCc2c(n(Cc3csc(F)c3)c3ncccc23)C1. The Bertz CT molecular complexity index is 1160. The maximum Gasteiger partial charge on any atom is 0.306 e. The smallest absolute Gasteiger partial charge is 0.306 e. The van der Waals surface area contributed by atoms with Gasteiger partial charge in [-0.05, 0) is 72.7 Å². The number of carbonyl (C=O) groups is 2. The van der Waals surface area contributed by atoms with E-state index in [-0.39, 0.29) is 22.9 Å². The van der Waals surface area contributed by atoms with Gasteiger partial charge in [0.25, 0.3) is 0 Å². The lowest BCUT2D eigenvalue weighted by molar-refractivity contribution is -0.143. The van der Waals surface area contributed by atoms with E-state index < -0.39 is 5.97 Å². The molecule has 1 fully saturated rings. The van der Waals surface area contributed by atoms with Crippen molar-refractivity contribution in [3.05, 3.63) is 51.7 Å². The molecule has 0 bridgehead atoms. The second-order valence-electron chi connectivity index (χ2n) is 8.97. The first-order valence-corrected chi connectivity index (χ1v) is 12.1. The van der Waals surface area contributed by atoms with Gasteiger partial charge >= 0.3 is 5.97 Å². The molecular formula is C24H26FN3O3S. The number of aliphatic carboxylic acids is 1. The largest absolute Gasteiger partial charge is 0.481 e. The Hall–Kier alpha value is -2.74. The Morgan fingerprint density at radius 2 is 2.06 bits per heavy atom. The molecule has 0 spiro atoms. The van der Waals surface area contributed by atoms with Gasteiger partial charge in [0.2, 0.25) is 5.91 Å². The highest BCUT2D eigenvalue weighted by Gasteiger charge is 2.31. The maximum absolute atomic E-state index is 13.6. The van der Waals surface area contributed by atoms with E-state index in [1.54, 1.807) is 12.3 Å². The van der Waals surface area contributed by atoms with Crippen molar-refractivity contribution in [3.8, 4) is 0 Å². The Kier molecular flexibility index (Phi) is 5.71. The molecule has 0 aromatic carbocycles. The van der Waals surface area contributed by atoms with Crippen molar-refractivity contribution >= 4 is 34.2 Å². The van der Waals surface area contributed by atoms with E-state index in [4.69, 9.17) is 0 Å². The van der Waals surface area contributed by atoms with Gasteiger partial charge in [0.1, 0.15) is 5.65 Å². The van der Waals surface area contributed by atoms with Crippen molar-refractivity contribution in [2.45, 2.75) is 51.6 Å². The summed E-state index contributed by atoms with van der Waals surface area (Å²) < 4.78 is 15.7. The summed E-state index contributed by atoms with van der Waals surface area (Å²) in [5, 5.41) is 11.9. The van der Waals surface area contributed by atoms with Gasteiger partial charge in [-0.3, -0.25) is 9.59 Å². The van der Waals surface area contributed by atoms with Gasteiger partial charge in [0.05, 0.1) is 19.0 Å². The highest BCUT2D eigenvalue weighted by Crippen LogP contribution is 2.34. The number of carboxylic acid groups (broad SMARTS) is 1. The highest BCUT2D eigenvalue weighted by atomic mass is 32.1. The minimum Gasteiger partial charge on any atom is -0.481 e. The summed E-state index contributed by atoms with van der Waals surface area (Å²) in [6, 6.07) is 5.57. The van der Waals surface area contributed by atoms with Crippen molar-refractivity contribution in [1.29, 1.82) is 0 Å². The average molecular weight is 456 g/mol. The summed E-state index contributed by atoms with van der Waals surface area (Å²) >= 11 is 1.09. The minimum atomic E-state index is -0.717. The molecule has 168 valence electrons. The fraction of sp³-hybridized carbons (Fsp3) is 0.458. The Morgan fingerprint density at radius 1 is 1.25 bits per heavy atom. The maximum atomic E-state index is 13.6. The van der Waals surface area contributed by atoms with Crippen LogP contribution in [0.3, 0.4) is 0 Å². The van der Waals surface area contributed by atoms with Crippen LogP contribution in [0.5, 0.6) is 0 Å². The van der Waals surface area contributed by atoms with E-state index >= 15 is 0 Å². The molecule has 0 atom stereocenters. The number of hydrogen-bond acceptors (Lipinski definition) is 4. The van der Waals surface area contributed by atoms with E-state index in [2.05, 4.69) is 15.6 Å². The number of carboxylic acids is 1. The third-order valence-corrected chi connectivity index (χ3v) is 7.75. The molecule has 8 heteroatoms. The average Bonchev–Trinajstić information content (AvgIpc) is 3.35. The fourth-order valence-corrected chi connectivity index (χ4v) is 5.87. The van der Waals surface area contributed by atoms with Gasteiger partial charge in [0.15, 0.2) is 5.13 Å². The lowest BCUT2D eigenvalue weighted by Crippen LogP contribution is -2.38. The van der Waals surface area contributed by atoms with Crippen molar-refractivity contribution in [3.63, 3.8) is 0 Å². The first kappa shape index (κ1) is 21.1. The molecule has 2 aliphatic rings. The van der Waals surface area contributed by atoms with Crippen LogP contribution in [0.15, 0.2) is 29.8 Å². The van der Waals surface area contributed by atoms with Gasteiger partial charge in [0, 0.05) is 30.2 Å². The first-order valence-electron chi connectivity index (χ1n) is 11.2. The van der Waals surface area contributed by atoms with Crippen molar-refractivity contribution in [2.75, 3.05) is 6.54 Å². The van der Waals surface area contributed by atoms with Crippen LogP contribution in [0.4, 0.5) is 4.39 Å². The highest BCUT2D eigenvalue weighted by molar-refractivity contribution is 7.08. The standard InChI is InChI=1S/C24H26FN3O3S/c25-21-10-16(14-32-21)12-28-20-13-27(9-7-18(20)19-2-1-8-26-23(19)28)22(29)11-15-3-5-17(6-4-15)24(30)31/h1-2,8,10,14-15,17H,3-7,9,11-13H2,(H,30,31)/t15-,17+. The number of amides is 1. The minimum absolute atomic E-state index is 0.140. The number of fused-ring (bicyclic) bond motifs is 3. The van der Waals surface area contributed by atoms with Crippen molar-refractivity contribution in [2.24, 2.45) is 11.8 Å². The van der Waals surface area contributed by atoms with Gasteiger partial charge < -0.3 is 14.6 Å². The zero-order chi connectivity index (χ0) is 22.2. The molecule has 1 aliphatic heterocycles. The Labute approximate surface area is 189 Å². The van der Waals surface area contributed by atoms with E-state index in [0.717, 1.165) is 52.9 Å². The van der Waals surface area contributed by atoms with E-state index in [1.807, 2.05) is 16.3 Å². The monoisotopic (exact) mass is 455 g/mol. The van der Waals surface area contributed by atoms with Gasteiger partial charge in [-0.2, -0.15) is 4.39 Å². The summed E-state index contributed by atoms with van der Waals surface area (Å²) in [4.78, 5) is 30.8. The number of nitrogens with zero attached hydrogens (tertiary/aromatic N) is 3. The molecule has 5 rings (SSSR count). The van der Waals surface area contributed by atoms with Crippen LogP contribution in [-0.4, -0.2) is 38.0 Å². The number of rotatable bonds is 5. The number of pyridine rings is 1. The van der Waals surface area contributed by atoms with Crippen LogP contribution >= 0.6 is 11.3 Å². The van der Waals surface area contributed by atoms with Gasteiger partial charge in [-0.25, -0.2) is 4.98 Å². The predicted molar refractivity (Wildman–Crippen MR) is 120 cm³/mol. The van der Waals surface area contributed by atoms with Crippen LogP contribution in [-0.2, 0) is 29.1 Å². The lowest BCUT2D eigenvalue weighted by atomic mass is 9.80. The normalized spacial score (nSPS) is 21.0. The molecule has 0 radical (unpaired) electrons. The molecule has 1 N–H and O–H groups in total. The molecule has 1 saturated carbocycles. The number of halogens is 1. The first-order chi connectivity index (χ1) is 15.5. The van der Waals surface area contributed by atoms with Crippen LogP contribution < -0.4 is 0 Å². The second kappa shape index (κ2) is 8.65.